The van der Waals surface area contributed by atoms with E-state index in [0.29, 0.717) is 0 Å². The van der Waals surface area contributed by atoms with Crippen molar-refractivity contribution in [2.24, 2.45) is 0 Å². The number of carbonyl (C=O) groups excluding carboxylic acids is 1. The number of carbonyl (C=O) groups is 2. The highest BCUT2D eigenvalue weighted by molar-refractivity contribution is 7.90. The number of aliphatic carboxylic acids is 1. The molecule has 0 atom stereocenters. The first kappa shape index (κ1) is 28.8. The SMILES string of the molecule is CS(=O)(=O)c1ccc(/C(COC(=O)OCC(ON(O)O)ON(O)O)=C(/C(=O)O)c2ccccc2)cc1. The van der Waals surface area contributed by atoms with E-state index >= 15 is 0 Å². The van der Waals surface area contributed by atoms with Gasteiger partial charge in [0.1, 0.15) is 13.2 Å². The summed E-state index contributed by atoms with van der Waals surface area (Å²) in [5.41, 5.74) is 0.243. The fourth-order valence-electron chi connectivity index (χ4n) is 2.83. The molecule has 196 valence electrons. The van der Waals surface area contributed by atoms with Crippen molar-refractivity contribution in [2.45, 2.75) is 11.2 Å². The lowest BCUT2D eigenvalue weighted by atomic mass is 9.95. The minimum absolute atomic E-state index is 0.0106. The first-order valence-corrected chi connectivity index (χ1v) is 11.6. The van der Waals surface area contributed by atoms with E-state index in [9.17, 15) is 23.1 Å². The van der Waals surface area contributed by atoms with Gasteiger partial charge in [-0.3, -0.25) is 20.8 Å². The average Bonchev–Trinajstić information content (AvgIpc) is 2.79. The van der Waals surface area contributed by atoms with Crippen molar-refractivity contribution in [1.82, 2.24) is 10.8 Å². The smallest absolute Gasteiger partial charge is 0.478 e. The molecule has 0 aliphatic carbocycles. The van der Waals surface area contributed by atoms with Crippen molar-refractivity contribution in [2.75, 3.05) is 19.5 Å². The average molecular weight is 530 g/mol. The molecule has 0 spiro atoms. The quantitative estimate of drug-likeness (QED) is 0.0866. The molecule has 15 nitrogen and oxygen atoms in total. The zero-order valence-electron chi connectivity index (χ0n) is 18.5. The van der Waals surface area contributed by atoms with Crippen molar-refractivity contribution >= 4 is 33.1 Å². The van der Waals surface area contributed by atoms with Crippen molar-refractivity contribution in [3.05, 3.63) is 65.7 Å². The molecule has 2 rings (SSSR count). The lowest BCUT2D eigenvalue weighted by Gasteiger charge is -2.19. The second-order valence-electron chi connectivity index (χ2n) is 6.82. The van der Waals surface area contributed by atoms with E-state index < -0.39 is 52.2 Å². The molecule has 0 radical (unpaired) electrons. The highest BCUT2D eigenvalue weighted by Crippen LogP contribution is 2.28. The summed E-state index contributed by atoms with van der Waals surface area (Å²) in [7, 11) is -3.53. The molecule has 0 heterocycles. The number of hydrogen-bond donors (Lipinski definition) is 5. The van der Waals surface area contributed by atoms with Crippen LogP contribution in [0.3, 0.4) is 0 Å². The summed E-state index contributed by atoms with van der Waals surface area (Å²) in [6, 6.07) is 13.1. The highest BCUT2D eigenvalue weighted by Gasteiger charge is 2.23. The standard InChI is InChI=1S/C20H22N2O13S/c1-36(30,31)15-9-7-13(8-10-15)16(18(19(23)24)14-5-3-2-4-6-14)11-32-20(25)33-12-17(34-21(26)27)35-22(28)29/h2-10,17,26-29H,11-12H2,1H3,(H,23,24)/b18-16+. The van der Waals surface area contributed by atoms with E-state index in [1.165, 1.54) is 36.4 Å². The van der Waals surface area contributed by atoms with E-state index in [2.05, 4.69) is 14.4 Å². The van der Waals surface area contributed by atoms with Gasteiger partial charge in [-0.2, -0.15) is 0 Å². The third-order valence-electron chi connectivity index (χ3n) is 4.30. The van der Waals surface area contributed by atoms with E-state index in [4.69, 9.17) is 25.6 Å². The summed E-state index contributed by atoms with van der Waals surface area (Å²) in [6.07, 6.45) is -2.34. The first-order chi connectivity index (χ1) is 16.9. The largest absolute Gasteiger partial charge is 0.508 e. The molecule has 0 unspecified atom stereocenters. The van der Waals surface area contributed by atoms with Crippen LogP contribution in [-0.4, -0.2) is 83.0 Å². The van der Waals surface area contributed by atoms with Crippen LogP contribution in [0.2, 0.25) is 0 Å². The Morgan fingerprint density at radius 3 is 1.89 bits per heavy atom. The number of carboxylic acid groups (broad SMARTS) is 1. The van der Waals surface area contributed by atoms with E-state index in [1.54, 1.807) is 18.2 Å². The van der Waals surface area contributed by atoms with Gasteiger partial charge in [-0.15, -0.1) is 0 Å². The molecular formula is C20H22N2O13S. The second-order valence-corrected chi connectivity index (χ2v) is 8.83. The zero-order chi connectivity index (χ0) is 26.9. The minimum atomic E-state index is -3.53. The second kappa shape index (κ2) is 13.0. The summed E-state index contributed by atoms with van der Waals surface area (Å²) in [5.74, 6) is -1.36. The number of sulfone groups is 1. The molecule has 16 heteroatoms. The van der Waals surface area contributed by atoms with Crippen LogP contribution < -0.4 is 0 Å². The Morgan fingerprint density at radius 2 is 1.42 bits per heavy atom. The Labute approximate surface area is 203 Å². The summed E-state index contributed by atoms with van der Waals surface area (Å²) in [4.78, 5) is 32.5. The monoisotopic (exact) mass is 530 g/mol. The fraction of sp³-hybridized carbons (Fsp3) is 0.200. The minimum Gasteiger partial charge on any atom is -0.478 e. The van der Waals surface area contributed by atoms with Crippen LogP contribution in [0, 0.1) is 0 Å². The molecule has 0 aliphatic rings. The highest BCUT2D eigenvalue weighted by atomic mass is 32.2. The van der Waals surface area contributed by atoms with E-state index in [1.807, 2.05) is 0 Å². The molecule has 5 N–H and O–H groups in total. The van der Waals surface area contributed by atoms with Gasteiger partial charge in [-0.1, -0.05) is 42.5 Å². The van der Waals surface area contributed by atoms with Crippen LogP contribution in [0.25, 0.3) is 11.1 Å². The van der Waals surface area contributed by atoms with Gasteiger partial charge in [0.05, 0.1) is 21.2 Å². The number of ether oxygens (including phenoxy) is 2. The molecule has 2 aromatic carbocycles. The van der Waals surface area contributed by atoms with Gasteiger partial charge in [-0.05, 0) is 23.3 Å². The molecular weight excluding hydrogens is 508 g/mol. The van der Waals surface area contributed by atoms with Gasteiger partial charge >= 0.3 is 12.1 Å². The van der Waals surface area contributed by atoms with Gasteiger partial charge in [0.2, 0.25) is 6.29 Å². The van der Waals surface area contributed by atoms with Crippen LogP contribution in [-0.2, 0) is 33.8 Å². The Kier molecular flexibility index (Phi) is 10.4. The first-order valence-electron chi connectivity index (χ1n) is 9.69. The Morgan fingerprint density at radius 1 is 0.861 bits per heavy atom. The summed E-state index contributed by atoms with van der Waals surface area (Å²) >= 11 is 0. The third kappa shape index (κ3) is 8.96. The lowest BCUT2D eigenvalue weighted by molar-refractivity contribution is -0.585. The number of carboxylic acids is 1. The summed E-state index contributed by atoms with van der Waals surface area (Å²) in [5, 5.41) is 42.7. The fourth-order valence-corrected chi connectivity index (χ4v) is 3.46. The lowest BCUT2D eigenvalue weighted by Crippen LogP contribution is -2.35. The van der Waals surface area contributed by atoms with Crippen molar-refractivity contribution in [3.8, 4) is 0 Å². The van der Waals surface area contributed by atoms with Crippen molar-refractivity contribution in [1.29, 1.82) is 0 Å². The molecule has 0 saturated carbocycles. The van der Waals surface area contributed by atoms with Crippen LogP contribution >= 0.6 is 0 Å². The number of nitrogens with zero attached hydrogens (tertiary/aromatic N) is 2. The maximum absolute atomic E-state index is 12.1. The summed E-state index contributed by atoms with van der Waals surface area (Å²) in [6.45, 7) is -1.60. The van der Waals surface area contributed by atoms with Gasteiger partial charge in [-0.25, -0.2) is 27.7 Å². The molecule has 0 saturated heterocycles. The number of rotatable bonds is 12. The summed E-state index contributed by atoms with van der Waals surface area (Å²) < 4.78 is 33.2. The van der Waals surface area contributed by atoms with Gasteiger partial charge in [0.25, 0.3) is 0 Å². The molecule has 0 bridgehead atoms. The topological polar surface area (TPSA) is 213 Å². The number of benzene rings is 2. The molecule has 0 aromatic heterocycles. The van der Waals surface area contributed by atoms with Crippen molar-refractivity contribution in [3.63, 3.8) is 0 Å². The van der Waals surface area contributed by atoms with Gasteiger partial charge < -0.3 is 14.6 Å². The molecule has 2 aromatic rings. The normalized spacial score (nSPS) is 12.6. The molecule has 0 aliphatic heterocycles. The predicted molar refractivity (Wildman–Crippen MR) is 115 cm³/mol. The van der Waals surface area contributed by atoms with Crippen LogP contribution in [0.15, 0.2) is 59.5 Å². The third-order valence-corrected chi connectivity index (χ3v) is 5.43. The Bertz CT molecular complexity index is 1160. The molecule has 0 fully saturated rings. The van der Waals surface area contributed by atoms with Crippen molar-refractivity contribution < 1.29 is 63.1 Å². The molecule has 0 amide bonds. The number of hydrogen-bond acceptors (Lipinski definition) is 14. The van der Waals surface area contributed by atoms with Gasteiger partial charge in [0, 0.05) is 11.8 Å². The van der Waals surface area contributed by atoms with Crippen LogP contribution in [0.1, 0.15) is 11.1 Å². The van der Waals surface area contributed by atoms with Crippen LogP contribution in [0.5, 0.6) is 0 Å². The Hall–Kier alpha value is -3.45. The van der Waals surface area contributed by atoms with Gasteiger partial charge in [0.15, 0.2) is 9.84 Å². The van der Waals surface area contributed by atoms with E-state index in [-0.39, 0.29) is 27.2 Å². The molecule has 36 heavy (non-hydrogen) atoms. The Balaban J connectivity index is 2.32. The van der Waals surface area contributed by atoms with E-state index in [0.717, 1.165) is 6.26 Å². The predicted octanol–water partition coefficient (Wildman–Crippen LogP) is 1.59. The van der Waals surface area contributed by atoms with Crippen LogP contribution in [0.4, 0.5) is 4.79 Å². The maximum Gasteiger partial charge on any atom is 0.508 e. The maximum atomic E-state index is 12.1. The zero-order valence-corrected chi connectivity index (χ0v) is 19.3.